The lowest BCUT2D eigenvalue weighted by atomic mass is 10.3. The molecule has 0 saturated heterocycles. The lowest BCUT2D eigenvalue weighted by Crippen LogP contribution is -2.25. The highest BCUT2D eigenvalue weighted by molar-refractivity contribution is 9.10. The maximum atomic E-state index is 11.9. The van der Waals surface area contributed by atoms with Gasteiger partial charge in [0, 0.05) is 11.0 Å². The van der Waals surface area contributed by atoms with Crippen molar-refractivity contribution in [1.29, 1.82) is 0 Å². The molecule has 0 aromatic heterocycles. The molecule has 1 aromatic rings. The number of nitrogens with one attached hydrogen (secondary N) is 1. The Labute approximate surface area is 118 Å². The first-order chi connectivity index (χ1) is 8.42. The predicted molar refractivity (Wildman–Crippen MR) is 77.1 cm³/mol. The number of rotatable bonds is 7. The molecule has 0 saturated carbocycles. The minimum Gasteiger partial charge on any atom is -0.309 e. The number of unbranched alkanes of at least 4 members (excludes halogenated alkanes) is 1. The third-order valence-electron chi connectivity index (χ3n) is 2.45. The van der Waals surface area contributed by atoms with Crippen LogP contribution in [0.5, 0.6) is 0 Å². The van der Waals surface area contributed by atoms with Crippen LogP contribution in [0.1, 0.15) is 12.8 Å². The molecular weight excluding hydrogens is 316 g/mol. The zero-order valence-electron chi connectivity index (χ0n) is 10.7. The van der Waals surface area contributed by atoms with Crippen LogP contribution >= 0.6 is 15.9 Å². The average molecular weight is 335 g/mol. The Morgan fingerprint density at radius 3 is 2.33 bits per heavy atom. The van der Waals surface area contributed by atoms with Gasteiger partial charge in [-0.05, 0) is 57.7 Å². The number of sulfonamides is 1. The summed E-state index contributed by atoms with van der Waals surface area (Å²) in [5.74, 6) is 0. The fraction of sp³-hybridized carbons (Fsp3) is 0.500. The molecule has 1 N–H and O–H groups in total. The highest BCUT2D eigenvalue weighted by Gasteiger charge is 2.12. The van der Waals surface area contributed by atoms with Crippen LogP contribution in [0.4, 0.5) is 0 Å². The van der Waals surface area contributed by atoms with Crippen LogP contribution in [-0.2, 0) is 10.0 Å². The highest BCUT2D eigenvalue weighted by Crippen LogP contribution is 2.14. The topological polar surface area (TPSA) is 49.4 Å². The van der Waals surface area contributed by atoms with E-state index in [1.54, 1.807) is 24.3 Å². The van der Waals surface area contributed by atoms with E-state index < -0.39 is 10.0 Å². The Morgan fingerprint density at radius 1 is 1.17 bits per heavy atom. The third kappa shape index (κ3) is 5.48. The molecule has 0 heterocycles. The van der Waals surface area contributed by atoms with Crippen LogP contribution in [0.2, 0.25) is 0 Å². The number of hydrogen-bond acceptors (Lipinski definition) is 3. The minimum atomic E-state index is -3.36. The van der Waals surface area contributed by atoms with Crippen molar-refractivity contribution < 1.29 is 8.42 Å². The molecule has 0 amide bonds. The lowest BCUT2D eigenvalue weighted by molar-refractivity contribution is 0.394. The largest absolute Gasteiger partial charge is 0.309 e. The average Bonchev–Trinajstić information content (AvgIpc) is 2.28. The molecule has 0 aliphatic rings. The molecule has 0 fully saturated rings. The SMILES string of the molecule is CN(C)CCCCNS(=O)(=O)c1ccc(Br)cc1. The second kappa shape index (κ2) is 7.23. The zero-order valence-corrected chi connectivity index (χ0v) is 13.1. The van der Waals surface area contributed by atoms with Gasteiger partial charge in [-0.1, -0.05) is 15.9 Å². The number of benzene rings is 1. The zero-order chi connectivity index (χ0) is 13.6. The fourth-order valence-corrected chi connectivity index (χ4v) is 2.80. The second-order valence-electron chi connectivity index (χ2n) is 4.36. The van der Waals surface area contributed by atoms with Crippen LogP contribution in [0.25, 0.3) is 0 Å². The van der Waals surface area contributed by atoms with E-state index in [9.17, 15) is 8.42 Å². The third-order valence-corrected chi connectivity index (χ3v) is 4.45. The Bertz CT molecular complexity index is 457. The Balaban J connectivity index is 2.43. The molecule has 102 valence electrons. The molecule has 1 rings (SSSR count). The van der Waals surface area contributed by atoms with Crippen molar-refractivity contribution in [2.24, 2.45) is 0 Å². The summed E-state index contributed by atoms with van der Waals surface area (Å²) in [6.45, 7) is 1.45. The summed E-state index contributed by atoms with van der Waals surface area (Å²) >= 11 is 3.28. The summed E-state index contributed by atoms with van der Waals surface area (Å²) in [5.41, 5.74) is 0. The first kappa shape index (κ1) is 15.6. The van der Waals surface area contributed by atoms with Gasteiger partial charge in [0.2, 0.25) is 10.0 Å². The van der Waals surface area contributed by atoms with E-state index in [2.05, 4.69) is 25.6 Å². The van der Waals surface area contributed by atoms with E-state index in [0.717, 1.165) is 23.9 Å². The van der Waals surface area contributed by atoms with Crippen LogP contribution in [0.15, 0.2) is 33.6 Å². The van der Waals surface area contributed by atoms with E-state index in [1.807, 2.05) is 14.1 Å². The molecule has 6 heteroatoms. The maximum absolute atomic E-state index is 11.9. The molecule has 0 spiro atoms. The van der Waals surface area contributed by atoms with Gasteiger partial charge in [-0.2, -0.15) is 0 Å². The van der Waals surface area contributed by atoms with Gasteiger partial charge in [0.05, 0.1) is 4.90 Å². The van der Waals surface area contributed by atoms with Gasteiger partial charge in [-0.3, -0.25) is 0 Å². The van der Waals surface area contributed by atoms with Gasteiger partial charge in [0.25, 0.3) is 0 Å². The Kier molecular flexibility index (Phi) is 6.28. The van der Waals surface area contributed by atoms with Crippen molar-refractivity contribution in [3.63, 3.8) is 0 Å². The summed E-state index contributed by atoms with van der Waals surface area (Å²) in [6, 6.07) is 6.62. The molecule has 18 heavy (non-hydrogen) atoms. The lowest BCUT2D eigenvalue weighted by Gasteiger charge is -2.10. The quantitative estimate of drug-likeness (QED) is 0.776. The molecule has 4 nitrogen and oxygen atoms in total. The van der Waals surface area contributed by atoms with Crippen LogP contribution in [-0.4, -0.2) is 40.5 Å². The Hall–Kier alpha value is -0.430. The van der Waals surface area contributed by atoms with E-state index in [-0.39, 0.29) is 0 Å². The van der Waals surface area contributed by atoms with E-state index >= 15 is 0 Å². The first-order valence-electron chi connectivity index (χ1n) is 5.82. The van der Waals surface area contributed by atoms with Crippen molar-refractivity contribution in [3.8, 4) is 0 Å². The summed E-state index contributed by atoms with van der Waals surface area (Å²) in [6.07, 6.45) is 1.82. The normalized spacial score (nSPS) is 12.0. The molecular formula is C12H19BrN2O2S. The molecule has 0 atom stereocenters. The second-order valence-corrected chi connectivity index (χ2v) is 7.04. The van der Waals surface area contributed by atoms with Crippen LogP contribution in [0.3, 0.4) is 0 Å². The van der Waals surface area contributed by atoms with Gasteiger partial charge in [0.1, 0.15) is 0 Å². The molecule has 1 aromatic carbocycles. The van der Waals surface area contributed by atoms with E-state index in [0.29, 0.717) is 11.4 Å². The first-order valence-corrected chi connectivity index (χ1v) is 8.09. The number of nitrogens with zero attached hydrogens (tertiary/aromatic N) is 1. The fourth-order valence-electron chi connectivity index (χ4n) is 1.46. The Morgan fingerprint density at radius 2 is 1.78 bits per heavy atom. The predicted octanol–water partition coefficient (Wildman–Crippen LogP) is 2.07. The highest BCUT2D eigenvalue weighted by atomic mass is 79.9. The summed E-state index contributed by atoms with van der Waals surface area (Å²) in [4.78, 5) is 2.39. The molecule has 0 radical (unpaired) electrons. The molecule has 0 bridgehead atoms. The van der Waals surface area contributed by atoms with Crippen LogP contribution < -0.4 is 4.72 Å². The van der Waals surface area contributed by atoms with Crippen molar-refractivity contribution in [1.82, 2.24) is 9.62 Å². The van der Waals surface area contributed by atoms with E-state index in [1.165, 1.54) is 0 Å². The van der Waals surface area contributed by atoms with Crippen molar-refractivity contribution >= 4 is 26.0 Å². The summed E-state index contributed by atoms with van der Waals surface area (Å²) in [5, 5.41) is 0. The standard InChI is InChI=1S/C12H19BrN2O2S/c1-15(2)10-4-3-9-14-18(16,17)12-7-5-11(13)6-8-12/h5-8,14H,3-4,9-10H2,1-2H3. The maximum Gasteiger partial charge on any atom is 0.240 e. The number of hydrogen-bond donors (Lipinski definition) is 1. The van der Waals surface area contributed by atoms with Gasteiger partial charge in [-0.25, -0.2) is 13.1 Å². The summed E-state index contributed by atoms with van der Waals surface area (Å²) in [7, 11) is 0.650. The van der Waals surface area contributed by atoms with Gasteiger partial charge >= 0.3 is 0 Å². The molecule has 0 unspecified atom stereocenters. The molecule has 0 aliphatic heterocycles. The van der Waals surface area contributed by atoms with E-state index in [4.69, 9.17) is 0 Å². The van der Waals surface area contributed by atoms with Gasteiger partial charge < -0.3 is 4.90 Å². The van der Waals surface area contributed by atoms with Gasteiger partial charge in [-0.15, -0.1) is 0 Å². The number of halogens is 1. The summed E-state index contributed by atoms with van der Waals surface area (Å²) < 4.78 is 27.3. The monoisotopic (exact) mass is 334 g/mol. The van der Waals surface area contributed by atoms with Crippen molar-refractivity contribution in [2.75, 3.05) is 27.2 Å². The van der Waals surface area contributed by atoms with Crippen molar-refractivity contribution in [2.45, 2.75) is 17.7 Å². The smallest absolute Gasteiger partial charge is 0.240 e. The van der Waals surface area contributed by atoms with Crippen LogP contribution in [0, 0.1) is 0 Å². The molecule has 0 aliphatic carbocycles. The van der Waals surface area contributed by atoms with Crippen molar-refractivity contribution in [3.05, 3.63) is 28.7 Å². The minimum absolute atomic E-state index is 0.304. The van der Waals surface area contributed by atoms with Gasteiger partial charge in [0.15, 0.2) is 0 Å².